The maximum Gasteiger partial charge on any atom is 0.0585 e. The quantitative estimate of drug-likeness (QED) is 0.488. The number of hydrogen-bond donors (Lipinski definition) is 0. The first-order valence-corrected chi connectivity index (χ1v) is 6.06. The molecular formula is C12H16Cl2. The van der Waals surface area contributed by atoms with Crippen molar-refractivity contribution in [1.29, 1.82) is 0 Å². The zero-order valence-corrected chi connectivity index (χ0v) is 9.77. The van der Waals surface area contributed by atoms with Gasteiger partial charge in [-0.2, -0.15) is 0 Å². The third-order valence-electron chi connectivity index (χ3n) is 2.25. The first-order valence-electron chi connectivity index (χ1n) is 5.09. The lowest BCUT2D eigenvalue weighted by atomic mass is 10.1. The van der Waals surface area contributed by atoms with Gasteiger partial charge in [0.05, 0.1) is 5.38 Å². The summed E-state index contributed by atoms with van der Waals surface area (Å²) in [5.74, 6) is 0.762. The highest BCUT2D eigenvalue weighted by molar-refractivity contribution is 6.20. The standard InChI is InChI=1S/C12H16Cl2/c13-10-6-2-5-9-12(14)11-7-3-1-4-8-11/h1,3-4,7-8,12H,2,5-6,9-10H2. The molecule has 0 saturated carbocycles. The zero-order valence-electron chi connectivity index (χ0n) is 8.26. The minimum Gasteiger partial charge on any atom is -0.127 e. The first-order chi connectivity index (χ1) is 6.84. The Labute approximate surface area is 96.2 Å². The molecule has 0 spiro atoms. The second-order valence-electron chi connectivity index (χ2n) is 3.42. The zero-order chi connectivity index (χ0) is 10.2. The highest BCUT2D eigenvalue weighted by Crippen LogP contribution is 2.25. The molecule has 1 aromatic rings. The van der Waals surface area contributed by atoms with Gasteiger partial charge in [0.15, 0.2) is 0 Å². The highest BCUT2D eigenvalue weighted by Gasteiger charge is 2.05. The fourth-order valence-corrected chi connectivity index (χ4v) is 1.91. The second kappa shape index (κ2) is 7.14. The van der Waals surface area contributed by atoms with Crippen LogP contribution in [0.25, 0.3) is 0 Å². The molecule has 0 N–H and O–H groups in total. The molecule has 0 saturated heterocycles. The van der Waals surface area contributed by atoms with E-state index < -0.39 is 0 Å². The Hall–Kier alpha value is -0.200. The van der Waals surface area contributed by atoms with E-state index in [4.69, 9.17) is 23.2 Å². The van der Waals surface area contributed by atoms with E-state index in [1.807, 2.05) is 18.2 Å². The summed E-state index contributed by atoms with van der Waals surface area (Å²) in [5, 5.41) is 0.159. The van der Waals surface area contributed by atoms with Crippen molar-refractivity contribution < 1.29 is 0 Å². The summed E-state index contributed by atoms with van der Waals surface area (Å²) < 4.78 is 0. The third-order valence-corrected chi connectivity index (χ3v) is 2.99. The van der Waals surface area contributed by atoms with E-state index in [1.165, 1.54) is 12.0 Å². The first kappa shape index (κ1) is 11.9. The van der Waals surface area contributed by atoms with Gasteiger partial charge >= 0.3 is 0 Å². The Bertz CT molecular complexity index is 233. The second-order valence-corrected chi connectivity index (χ2v) is 4.32. The topological polar surface area (TPSA) is 0 Å². The Morgan fingerprint density at radius 1 is 1.00 bits per heavy atom. The van der Waals surface area contributed by atoms with Crippen LogP contribution in [0.2, 0.25) is 0 Å². The van der Waals surface area contributed by atoms with E-state index in [9.17, 15) is 0 Å². The van der Waals surface area contributed by atoms with Crippen molar-refractivity contribution in [2.45, 2.75) is 31.1 Å². The van der Waals surface area contributed by atoms with Crippen LogP contribution in [0, 0.1) is 0 Å². The van der Waals surface area contributed by atoms with E-state index in [-0.39, 0.29) is 5.38 Å². The van der Waals surface area contributed by atoms with Crippen molar-refractivity contribution in [2.24, 2.45) is 0 Å². The molecule has 0 fully saturated rings. The predicted octanol–water partition coefficient (Wildman–Crippen LogP) is 4.77. The van der Waals surface area contributed by atoms with E-state index in [1.54, 1.807) is 0 Å². The lowest BCUT2D eigenvalue weighted by Crippen LogP contribution is -1.90. The van der Waals surface area contributed by atoms with Gasteiger partial charge in [-0.3, -0.25) is 0 Å². The Balaban J connectivity index is 2.25. The van der Waals surface area contributed by atoms with E-state index in [0.717, 1.165) is 25.1 Å². The van der Waals surface area contributed by atoms with E-state index in [0.29, 0.717) is 0 Å². The summed E-state index contributed by atoms with van der Waals surface area (Å²) in [6.45, 7) is 0. The summed E-state index contributed by atoms with van der Waals surface area (Å²) in [6, 6.07) is 10.2. The van der Waals surface area contributed by atoms with Gasteiger partial charge in [-0.1, -0.05) is 43.2 Å². The molecular weight excluding hydrogens is 215 g/mol. The Kier molecular flexibility index (Phi) is 6.05. The van der Waals surface area contributed by atoms with E-state index in [2.05, 4.69) is 12.1 Å². The molecule has 1 unspecified atom stereocenters. The highest BCUT2D eigenvalue weighted by atomic mass is 35.5. The SMILES string of the molecule is ClCCCCCC(Cl)c1ccccc1. The Morgan fingerprint density at radius 3 is 2.36 bits per heavy atom. The normalized spacial score (nSPS) is 12.7. The minimum absolute atomic E-state index is 0.159. The molecule has 0 nitrogen and oxygen atoms in total. The number of halogens is 2. The average Bonchev–Trinajstić information content (AvgIpc) is 2.25. The van der Waals surface area contributed by atoms with Crippen LogP contribution in [0.5, 0.6) is 0 Å². The summed E-state index contributed by atoms with van der Waals surface area (Å²) in [6.07, 6.45) is 4.48. The molecule has 1 aromatic carbocycles. The fraction of sp³-hybridized carbons (Fsp3) is 0.500. The van der Waals surface area contributed by atoms with E-state index >= 15 is 0 Å². The summed E-state index contributed by atoms with van der Waals surface area (Å²) >= 11 is 11.9. The van der Waals surface area contributed by atoms with Crippen LogP contribution in [-0.2, 0) is 0 Å². The number of benzene rings is 1. The smallest absolute Gasteiger partial charge is 0.0585 e. The molecule has 1 rings (SSSR count). The molecule has 0 heterocycles. The fourth-order valence-electron chi connectivity index (χ4n) is 1.42. The van der Waals surface area contributed by atoms with Crippen LogP contribution >= 0.6 is 23.2 Å². The molecule has 0 aromatic heterocycles. The molecule has 0 bridgehead atoms. The largest absolute Gasteiger partial charge is 0.127 e. The van der Waals surface area contributed by atoms with Gasteiger partial charge in [-0.05, 0) is 18.4 Å². The molecule has 0 radical (unpaired) electrons. The van der Waals surface area contributed by atoms with Gasteiger partial charge in [0, 0.05) is 5.88 Å². The molecule has 0 aliphatic carbocycles. The molecule has 14 heavy (non-hydrogen) atoms. The van der Waals surface area contributed by atoms with Gasteiger partial charge in [0.25, 0.3) is 0 Å². The van der Waals surface area contributed by atoms with Crippen molar-refractivity contribution in [3.8, 4) is 0 Å². The lowest BCUT2D eigenvalue weighted by molar-refractivity contribution is 0.657. The number of hydrogen-bond acceptors (Lipinski definition) is 0. The van der Waals surface area contributed by atoms with Crippen LogP contribution in [0.3, 0.4) is 0 Å². The number of rotatable bonds is 6. The van der Waals surface area contributed by atoms with Crippen molar-refractivity contribution in [1.82, 2.24) is 0 Å². The lowest BCUT2D eigenvalue weighted by Gasteiger charge is -2.08. The summed E-state index contributed by atoms with van der Waals surface area (Å²) in [7, 11) is 0. The van der Waals surface area contributed by atoms with Crippen LogP contribution < -0.4 is 0 Å². The van der Waals surface area contributed by atoms with Crippen molar-refractivity contribution in [3.05, 3.63) is 35.9 Å². The molecule has 0 aliphatic heterocycles. The third kappa shape index (κ3) is 4.34. The van der Waals surface area contributed by atoms with Crippen molar-refractivity contribution in [2.75, 3.05) is 5.88 Å². The maximum absolute atomic E-state index is 6.25. The van der Waals surface area contributed by atoms with Gasteiger partial charge in [-0.15, -0.1) is 23.2 Å². The van der Waals surface area contributed by atoms with Crippen LogP contribution in [0.1, 0.15) is 36.6 Å². The van der Waals surface area contributed by atoms with Gasteiger partial charge in [0.1, 0.15) is 0 Å². The summed E-state index contributed by atoms with van der Waals surface area (Å²) in [5.41, 5.74) is 1.22. The van der Waals surface area contributed by atoms with Gasteiger partial charge in [-0.25, -0.2) is 0 Å². The van der Waals surface area contributed by atoms with Crippen molar-refractivity contribution in [3.63, 3.8) is 0 Å². The van der Waals surface area contributed by atoms with Gasteiger partial charge in [0.2, 0.25) is 0 Å². The van der Waals surface area contributed by atoms with Gasteiger partial charge < -0.3 is 0 Å². The molecule has 2 heteroatoms. The number of alkyl halides is 2. The average molecular weight is 231 g/mol. The number of unbranched alkanes of at least 4 members (excludes halogenated alkanes) is 2. The van der Waals surface area contributed by atoms with Crippen LogP contribution in [-0.4, -0.2) is 5.88 Å². The predicted molar refractivity (Wildman–Crippen MR) is 64.2 cm³/mol. The van der Waals surface area contributed by atoms with Crippen LogP contribution in [0.4, 0.5) is 0 Å². The van der Waals surface area contributed by atoms with Crippen LogP contribution in [0.15, 0.2) is 30.3 Å². The molecule has 78 valence electrons. The van der Waals surface area contributed by atoms with Crippen molar-refractivity contribution >= 4 is 23.2 Å². The molecule has 0 aliphatic rings. The minimum atomic E-state index is 0.159. The monoisotopic (exact) mass is 230 g/mol. The summed E-state index contributed by atoms with van der Waals surface area (Å²) in [4.78, 5) is 0. The molecule has 1 atom stereocenters. The maximum atomic E-state index is 6.25. The molecule has 0 amide bonds. The Morgan fingerprint density at radius 2 is 1.71 bits per heavy atom.